The van der Waals surface area contributed by atoms with Crippen LogP contribution in [0.3, 0.4) is 0 Å². The van der Waals surface area contributed by atoms with Crippen LogP contribution in [-0.2, 0) is 0 Å². The number of aromatic nitrogens is 2. The lowest BCUT2D eigenvalue weighted by molar-refractivity contribution is 0.0697. The van der Waals surface area contributed by atoms with Gasteiger partial charge in [-0.15, -0.1) is 0 Å². The van der Waals surface area contributed by atoms with Crippen molar-refractivity contribution < 1.29 is 9.90 Å². The molecular weight excluding hydrogens is 450 g/mol. The fraction of sp³-hybridized carbons (Fsp3) is 0.154. The first kappa shape index (κ1) is 22.8. The Labute approximate surface area is 201 Å². The van der Waals surface area contributed by atoms with Crippen LogP contribution in [0.4, 0.5) is 5.82 Å². The molecule has 4 rings (SSSR count). The van der Waals surface area contributed by atoms with Crippen LogP contribution in [0, 0.1) is 43.4 Å². The van der Waals surface area contributed by atoms with Gasteiger partial charge in [0.2, 0.25) is 0 Å². The number of hydrogen-bond donors (Lipinski definition) is 2. The third-order valence-electron chi connectivity index (χ3n) is 6.20. The fourth-order valence-corrected chi connectivity index (χ4v) is 4.75. The summed E-state index contributed by atoms with van der Waals surface area (Å²) in [5.74, 6) is -0.972. The van der Waals surface area contributed by atoms with Crippen LogP contribution in [0.25, 0.3) is 22.9 Å². The number of rotatable bonds is 3. The van der Waals surface area contributed by atoms with Crippen LogP contribution in [0.15, 0.2) is 29.8 Å². The molecule has 7 nitrogen and oxygen atoms in total. The summed E-state index contributed by atoms with van der Waals surface area (Å²) in [6.07, 6.45) is 1.98. The maximum atomic E-state index is 11.3. The van der Waals surface area contributed by atoms with Crippen LogP contribution in [-0.4, -0.2) is 20.6 Å². The number of benzene rings is 1. The number of nitriles is 2. The van der Waals surface area contributed by atoms with E-state index in [0.717, 1.165) is 39.3 Å². The Kier molecular flexibility index (Phi) is 5.53. The SMILES string of the molecule is CC1=C(C#N)c2nc(N)c(C#N)c(C)c2/C1=C\c1cc(C)n(-c2ccc(C(=O)O)c(Cl)c2)c1C. The highest BCUT2D eigenvalue weighted by atomic mass is 35.5. The smallest absolute Gasteiger partial charge is 0.337 e. The number of carbonyl (C=O) groups is 1. The predicted octanol–water partition coefficient (Wildman–Crippen LogP) is 5.45. The Morgan fingerprint density at radius 3 is 2.47 bits per heavy atom. The molecule has 3 aromatic rings. The van der Waals surface area contributed by atoms with Gasteiger partial charge in [-0.25, -0.2) is 9.78 Å². The van der Waals surface area contributed by atoms with Gasteiger partial charge >= 0.3 is 5.97 Å². The second-order valence-electron chi connectivity index (χ2n) is 8.13. The highest BCUT2D eigenvalue weighted by Crippen LogP contribution is 2.44. The Morgan fingerprint density at radius 1 is 1.18 bits per heavy atom. The van der Waals surface area contributed by atoms with Crippen molar-refractivity contribution in [2.24, 2.45) is 0 Å². The number of aromatic carboxylic acids is 1. The number of hydrogen-bond acceptors (Lipinski definition) is 5. The normalized spacial score (nSPS) is 13.7. The quantitative estimate of drug-likeness (QED) is 0.524. The number of pyridine rings is 1. The van der Waals surface area contributed by atoms with Crippen LogP contribution in [0.1, 0.15) is 56.6 Å². The molecule has 0 fully saturated rings. The van der Waals surface area contributed by atoms with Gasteiger partial charge in [-0.1, -0.05) is 11.6 Å². The van der Waals surface area contributed by atoms with Gasteiger partial charge in [0.05, 0.1) is 27.4 Å². The van der Waals surface area contributed by atoms with E-state index in [2.05, 4.69) is 17.1 Å². The highest BCUT2D eigenvalue weighted by molar-refractivity contribution is 6.33. The molecule has 0 spiro atoms. The second kappa shape index (κ2) is 8.22. The van der Waals surface area contributed by atoms with Gasteiger partial charge in [0.1, 0.15) is 18.0 Å². The van der Waals surface area contributed by atoms with E-state index in [1.165, 1.54) is 6.07 Å². The van der Waals surface area contributed by atoms with E-state index in [4.69, 9.17) is 17.3 Å². The van der Waals surface area contributed by atoms with Crippen LogP contribution in [0.2, 0.25) is 5.02 Å². The van der Waals surface area contributed by atoms with E-state index in [1.54, 1.807) is 12.1 Å². The van der Waals surface area contributed by atoms with Crippen molar-refractivity contribution in [2.75, 3.05) is 5.73 Å². The fourth-order valence-electron chi connectivity index (χ4n) is 4.50. The van der Waals surface area contributed by atoms with Gasteiger partial charge in [-0.05, 0) is 80.3 Å². The third kappa shape index (κ3) is 3.35. The molecule has 0 bridgehead atoms. The van der Waals surface area contributed by atoms with E-state index in [9.17, 15) is 20.4 Å². The molecule has 3 N–H and O–H groups in total. The average molecular weight is 470 g/mol. The minimum Gasteiger partial charge on any atom is -0.478 e. The number of carboxylic acids is 1. The first-order valence-electron chi connectivity index (χ1n) is 10.4. The molecule has 1 aromatic carbocycles. The summed E-state index contributed by atoms with van der Waals surface area (Å²) in [5, 5.41) is 28.8. The Hall–Kier alpha value is -4.33. The van der Waals surface area contributed by atoms with Crippen molar-refractivity contribution in [1.82, 2.24) is 9.55 Å². The molecule has 0 radical (unpaired) electrons. The molecule has 1 aliphatic rings. The lowest BCUT2D eigenvalue weighted by Gasteiger charge is -2.12. The number of nitrogens with zero attached hydrogens (tertiary/aromatic N) is 4. The number of allylic oxidation sites excluding steroid dienone is 3. The second-order valence-corrected chi connectivity index (χ2v) is 8.54. The van der Waals surface area contributed by atoms with Gasteiger partial charge in [0.15, 0.2) is 0 Å². The molecule has 0 saturated heterocycles. The summed E-state index contributed by atoms with van der Waals surface area (Å²) in [5.41, 5.74) is 13.7. The van der Waals surface area contributed by atoms with Gasteiger partial charge in [0, 0.05) is 22.6 Å². The lowest BCUT2D eigenvalue weighted by Crippen LogP contribution is -2.04. The van der Waals surface area contributed by atoms with Crippen LogP contribution in [0.5, 0.6) is 0 Å². The van der Waals surface area contributed by atoms with E-state index >= 15 is 0 Å². The number of carboxylic acid groups (broad SMARTS) is 1. The molecule has 2 heterocycles. The zero-order valence-corrected chi connectivity index (χ0v) is 19.7. The summed E-state index contributed by atoms with van der Waals surface area (Å²) in [6.45, 7) is 7.57. The van der Waals surface area contributed by atoms with Crippen molar-refractivity contribution in [1.29, 1.82) is 10.5 Å². The summed E-state index contributed by atoms with van der Waals surface area (Å²) in [6, 6.07) is 11.2. The maximum Gasteiger partial charge on any atom is 0.337 e. The topological polar surface area (TPSA) is 129 Å². The van der Waals surface area contributed by atoms with E-state index in [-0.39, 0.29) is 16.4 Å². The van der Waals surface area contributed by atoms with Crippen LogP contribution < -0.4 is 5.73 Å². The van der Waals surface area contributed by atoms with Crippen molar-refractivity contribution >= 4 is 40.6 Å². The molecule has 0 unspecified atom stereocenters. The molecule has 0 aliphatic heterocycles. The predicted molar refractivity (Wildman–Crippen MR) is 131 cm³/mol. The summed E-state index contributed by atoms with van der Waals surface area (Å²) in [4.78, 5) is 15.7. The molecule has 0 atom stereocenters. The molecule has 0 saturated carbocycles. The maximum absolute atomic E-state index is 11.3. The summed E-state index contributed by atoms with van der Waals surface area (Å²) >= 11 is 6.20. The van der Waals surface area contributed by atoms with Crippen molar-refractivity contribution in [3.8, 4) is 17.8 Å². The zero-order chi connectivity index (χ0) is 24.9. The van der Waals surface area contributed by atoms with E-state index in [0.29, 0.717) is 22.4 Å². The molecule has 168 valence electrons. The monoisotopic (exact) mass is 469 g/mol. The third-order valence-corrected chi connectivity index (χ3v) is 6.51. The summed E-state index contributed by atoms with van der Waals surface area (Å²) < 4.78 is 1.98. The molecule has 0 amide bonds. The minimum absolute atomic E-state index is 0.0399. The van der Waals surface area contributed by atoms with Gasteiger partial charge in [0.25, 0.3) is 0 Å². The lowest BCUT2D eigenvalue weighted by atomic mass is 9.95. The first-order chi connectivity index (χ1) is 16.1. The summed E-state index contributed by atoms with van der Waals surface area (Å²) in [7, 11) is 0. The molecule has 34 heavy (non-hydrogen) atoms. The largest absolute Gasteiger partial charge is 0.478 e. The number of halogens is 1. The average Bonchev–Trinajstić information content (AvgIpc) is 3.20. The molecule has 2 aromatic heterocycles. The molecule has 8 heteroatoms. The minimum atomic E-state index is -1.08. The Bertz CT molecular complexity index is 1560. The number of aryl methyl sites for hydroxylation is 1. The highest BCUT2D eigenvalue weighted by Gasteiger charge is 2.30. The van der Waals surface area contributed by atoms with Crippen molar-refractivity contribution in [2.45, 2.75) is 27.7 Å². The van der Waals surface area contributed by atoms with Crippen LogP contribution >= 0.6 is 11.6 Å². The van der Waals surface area contributed by atoms with Gasteiger partial charge < -0.3 is 15.4 Å². The molecule has 1 aliphatic carbocycles. The standard InChI is InChI=1S/C26H20ClN5O2/c1-12-7-16(15(4)32(12)17-5-6-18(26(33)34)22(27)9-17)8-19-13(2)20(10-28)24-23(19)14(3)21(11-29)25(30)31-24/h5-9H,1-4H3,(H2,30,31)(H,33,34)/b19-8-. The number of fused-ring (bicyclic) bond motifs is 1. The van der Waals surface area contributed by atoms with E-state index < -0.39 is 5.97 Å². The molecular formula is C26H20ClN5O2. The van der Waals surface area contributed by atoms with Gasteiger partial charge in [-0.2, -0.15) is 10.5 Å². The Balaban J connectivity index is 1.92. The van der Waals surface area contributed by atoms with E-state index in [1.807, 2.05) is 44.4 Å². The van der Waals surface area contributed by atoms with Crippen molar-refractivity contribution in [3.05, 3.63) is 79.8 Å². The number of nitrogen functional groups attached to an aromatic ring is 1. The Morgan fingerprint density at radius 2 is 1.88 bits per heavy atom. The number of nitrogens with two attached hydrogens (primary N) is 1. The van der Waals surface area contributed by atoms with Crippen molar-refractivity contribution in [3.63, 3.8) is 0 Å². The van der Waals surface area contributed by atoms with Gasteiger partial charge in [-0.3, -0.25) is 0 Å². The number of anilines is 1. The zero-order valence-electron chi connectivity index (χ0n) is 19.0. The first-order valence-corrected chi connectivity index (χ1v) is 10.7.